The van der Waals surface area contributed by atoms with Crippen molar-refractivity contribution < 1.29 is 0 Å². The van der Waals surface area contributed by atoms with Crippen LogP contribution >= 0.6 is 0 Å². The maximum Gasteiger partial charge on any atom is 0.164 e. The molecule has 194 valence electrons. The van der Waals surface area contributed by atoms with Crippen LogP contribution in [0.1, 0.15) is 5.69 Å². The van der Waals surface area contributed by atoms with Crippen LogP contribution in [0.2, 0.25) is 0 Å². The van der Waals surface area contributed by atoms with Gasteiger partial charge in [-0.05, 0) is 47.4 Å². The molecular formula is C37H26N4. The Morgan fingerprint density at radius 1 is 0.341 bits per heavy atom. The van der Waals surface area contributed by atoms with Crippen LogP contribution in [0.4, 0.5) is 0 Å². The lowest BCUT2D eigenvalue weighted by atomic mass is 9.98. The van der Waals surface area contributed by atoms with Gasteiger partial charge >= 0.3 is 0 Å². The second-order valence-electron chi connectivity index (χ2n) is 10.1. The number of pyridine rings is 1. The number of fused-ring (bicyclic) bond motifs is 1. The predicted molar refractivity (Wildman–Crippen MR) is 167 cm³/mol. The zero-order valence-corrected chi connectivity index (χ0v) is 22.6. The number of aromatic nitrogens is 4. The molecule has 4 nitrogen and oxygen atoms in total. The summed E-state index contributed by atoms with van der Waals surface area (Å²) in [5.41, 5.74) is 9.45. The van der Waals surface area contributed by atoms with Gasteiger partial charge in [-0.25, -0.2) is 15.0 Å². The van der Waals surface area contributed by atoms with Crippen molar-refractivity contribution in [2.45, 2.75) is 6.92 Å². The molecule has 0 saturated heterocycles. The maximum atomic E-state index is 4.89. The largest absolute Gasteiger partial charge is 0.253 e. The van der Waals surface area contributed by atoms with Crippen molar-refractivity contribution >= 4 is 10.9 Å². The first-order valence-corrected chi connectivity index (χ1v) is 13.7. The van der Waals surface area contributed by atoms with E-state index in [1.807, 2.05) is 73.7 Å². The van der Waals surface area contributed by atoms with Crippen LogP contribution in [0, 0.1) is 6.92 Å². The molecule has 5 aromatic carbocycles. The number of hydrogen-bond acceptors (Lipinski definition) is 4. The third kappa shape index (κ3) is 5.11. The van der Waals surface area contributed by atoms with E-state index in [9.17, 15) is 0 Å². The fourth-order valence-corrected chi connectivity index (χ4v) is 5.03. The van der Waals surface area contributed by atoms with Gasteiger partial charge in [0.05, 0.1) is 5.52 Å². The van der Waals surface area contributed by atoms with E-state index in [0.717, 1.165) is 55.5 Å². The van der Waals surface area contributed by atoms with E-state index in [-0.39, 0.29) is 0 Å². The van der Waals surface area contributed by atoms with Crippen LogP contribution in [-0.2, 0) is 0 Å². The summed E-state index contributed by atoms with van der Waals surface area (Å²) in [6.45, 7) is 2.02. The number of rotatable bonds is 5. The van der Waals surface area contributed by atoms with Gasteiger partial charge in [-0.15, -0.1) is 0 Å². The van der Waals surface area contributed by atoms with Gasteiger partial charge in [-0.3, -0.25) is 4.98 Å². The van der Waals surface area contributed by atoms with E-state index >= 15 is 0 Å². The predicted octanol–water partition coefficient (Wildman–Crippen LogP) is 9.06. The molecule has 7 rings (SSSR count). The zero-order valence-electron chi connectivity index (χ0n) is 22.6. The molecule has 0 bridgehead atoms. The molecule has 41 heavy (non-hydrogen) atoms. The summed E-state index contributed by atoms with van der Waals surface area (Å²) in [5, 5.41) is 1.15. The molecule has 0 aliphatic carbocycles. The Kier molecular flexibility index (Phi) is 6.34. The molecule has 0 aliphatic heterocycles. The molecule has 7 aromatic rings. The van der Waals surface area contributed by atoms with E-state index < -0.39 is 0 Å². The van der Waals surface area contributed by atoms with E-state index in [1.54, 1.807) is 0 Å². The van der Waals surface area contributed by atoms with Crippen molar-refractivity contribution in [3.05, 3.63) is 145 Å². The maximum absolute atomic E-state index is 4.89. The fraction of sp³-hybridized carbons (Fsp3) is 0.0270. The molecule has 0 amide bonds. The summed E-state index contributed by atoms with van der Waals surface area (Å²) in [5.74, 6) is 1.96. The average molecular weight is 527 g/mol. The van der Waals surface area contributed by atoms with E-state index in [2.05, 4.69) is 72.8 Å². The highest BCUT2D eigenvalue weighted by Gasteiger charge is 2.13. The molecule has 0 N–H and O–H groups in total. The number of nitrogens with zero attached hydrogens (tertiary/aromatic N) is 4. The van der Waals surface area contributed by atoms with Crippen molar-refractivity contribution in [1.29, 1.82) is 0 Å². The summed E-state index contributed by atoms with van der Waals surface area (Å²) in [6.07, 6.45) is 0. The molecule has 0 radical (unpaired) electrons. The van der Waals surface area contributed by atoms with Crippen LogP contribution in [0.25, 0.3) is 67.3 Å². The van der Waals surface area contributed by atoms with Crippen LogP contribution < -0.4 is 0 Å². The Morgan fingerprint density at radius 2 is 0.805 bits per heavy atom. The molecule has 0 fully saturated rings. The second-order valence-corrected chi connectivity index (χ2v) is 10.1. The van der Waals surface area contributed by atoms with Gasteiger partial charge in [0.15, 0.2) is 17.5 Å². The van der Waals surface area contributed by atoms with E-state index in [0.29, 0.717) is 17.5 Å². The average Bonchev–Trinajstić information content (AvgIpc) is 3.05. The Balaban J connectivity index is 1.25. The highest BCUT2D eigenvalue weighted by molar-refractivity contribution is 5.85. The Bertz CT molecular complexity index is 1930. The van der Waals surface area contributed by atoms with Crippen LogP contribution in [0.15, 0.2) is 140 Å². The third-order valence-electron chi connectivity index (χ3n) is 7.20. The summed E-state index contributed by atoms with van der Waals surface area (Å²) < 4.78 is 0. The van der Waals surface area contributed by atoms with Gasteiger partial charge in [-0.2, -0.15) is 0 Å². The minimum absolute atomic E-state index is 0.648. The number of hydrogen-bond donors (Lipinski definition) is 0. The number of aryl methyl sites for hydroxylation is 1. The second kappa shape index (κ2) is 10.6. The Morgan fingerprint density at radius 3 is 1.41 bits per heavy atom. The minimum Gasteiger partial charge on any atom is -0.253 e. The molecule has 0 saturated carbocycles. The van der Waals surface area contributed by atoms with Crippen LogP contribution in [0.3, 0.4) is 0 Å². The van der Waals surface area contributed by atoms with Gasteiger partial charge in [0.1, 0.15) is 0 Å². The summed E-state index contributed by atoms with van der Waals surface area (Å²) >= 11 is 0. The Labute approximate surface area is 239 Å². The van der Waals surface area contributed by atoms with Gasteiger partial charge in [0.25, 0.3) is 0 Å². The molecule has 0 spiro atoms. The molecule has 0 aliphatic rings. The van der Waals surface area contributed by atoms with Gasteiger partial charge < -0.3 is 0 Å². The van der Waals surface area contributed by atoms with Crippen molar-refractivity contribution in [1.82, 2.24) is 19.9 Å². The molecular weight excluding hydrogens is 500 g/mol. The van der Waals surface area contributed by atoms with Crippen molar-refractivity contribution in [2.75, 3.05) is 0 Å². The lowest BCUT2D eigenvalue weighted by molar-refractivity contribution is 1.07. The van der Waals surface area contributed by atoms with Crippen LogP contribution in [-0.4, -0.2) is 19.9 Å². The monoisotopic (exact) mass is 526 g/mol. The molecule has 0 unspecified atom stereocenters. The van der Waals surface area contributed by atoms with Crippen molar-refractivity contribution in [3.63, 3.8) is 0 Å². The van der Waals surface area contributed by atoms with Crippen molar-refractivity contribution in [2.24, 2.45) is 0 Å². The third-order valence-corrected chi connectivity index (χ3v) is 7.20. The topological polar surface area (TPSA) is 51.6 Å². The quantitative estimate of drug-likeness (QED) is 0.224. The lowest BCUT2D eigenvalue weighted by Crippen LogP contribution is -2.00. The van der Waals surface area contributed by atoms with E-state index in [1.165, 1.54) is 0 Å². The first-order valence-electron chi connectivity index (χ1n) is 13.7. The lowest BCUT2D eigenvalue weighted by Gasteiger charge is -2.10. The SMILES string of the molecule is Cc1ccc2ccc(-c3ccc(-c4cccc(-c5nc(-c6ccccc6)nc(-c6ccccc6)n5)c4)cc3)cc2n1. The molecule has 0 atom stereocenters. The standard InChI is InChI=1S/C37H26N4/c1-25-15-16-28-21-22-32(24-34(28)38-25)27-19-17-26(18-20-27)31-13-8-14-33(23-31)37-40-35(29-9-4-2-5-10-29)39-36(41-37)30-11-6-3-7-12-30/h2-24H,1H3. The van der Waals surface area contributed by atoms with Crippen molar-refractivity contribution in [3.8, 4) is 56.4 Å². The number of benzene rings is 5. The smallest absolute Gasteiger partial charge is 0.164 e. The summed E-state index contributed by atoms with van der Waals surface area (Å²) in [7, 11) is 0. The molecule has 4 heteroatoms. The highest BCUT2D eigenvalue weighted by atomic mass is 15.0. The van der Waals surface area contributed by atoms with Gasteiger partial charge in [-0.1, -0.05) is 121 Å². The van der Waals surface area contributed by atoms with E-state index in [4.69, 9.17) is 19.9 Å². The molecule has 2 aromatic heterocycles. The normalized spacial score (nSPS) is 11.0. The summed E-state index contributed by atoms with van der Waals surface area (Å²) in [6, 6.07) is 47.8. The fourth-order valence-electron chi connectivity index (χ4n) is 5.03. The first kappa shape index (κ1) is 24.6. The zero-order chi connectivity index (χ0) is 27.6. The molecule has 2 heterocycles. The minimum atomic E-state index is 0.648. The Hall–Kier alpha value is -5.48. The van der Waals surface area contributed by atoms with Gasteiger partial charge in [0, 0.05) is 27.8 Å². The first-order chi connectivity index (χ1) is 20.2. The summed E-state index contributed by atoms with van der Waals surface area (Å²) in [4.78, 5) is 19.3. The van der Waals surface area contributed by atoms with Crippen LogP contribution in [0.5, 0.6) is 0 Å². The van der Waals surface area contributed by atoms with Gasteiger partial charge in [0.2, 0.25) is 0 Å². The highest BCUT2D eigenvalue weighted by Crippen LogP contribution is 2.30.